The zero-order valence-corrected chi connectivity index (χ0v) is 20.9. The topological polar surface area (TPSA) is 54.0 Å². The molecular weight excluding hydrogens is 495 g/mol. The Morgan fingerprint density at radius 1 is 0.892 bits per heavy atom. The van der Waals surface area contributed by atoms with Crippen molar-refractivity contribution in [1.82, 2.24) is 0 Å². The van der Waals surface area contributed by atoms with E-state index in [2.05, 4.69) is 6.07 Å². The van der Waals surface area contributed by atoms with Crippen molar-refractivity contribution in [3.05, 3.63) is 106 Å². The number of aldehydes is 1. The van der Waals surface area contributed by atoms with Gasteiger partial charge in [-0.15, -0.1) is 0 Å². The number of fused-ring (bicyclic) bond motifs is 1. The van der Waals surface area contributed by atoms with Crippen LogP contribution < -0.4 is 18.9 Å². The molecule has 0 radical (unpaired) electrons. The second-order valence-electron chi connectivity index (χ2n) is 8.59. The van der Waals surface area contributed by atoms with E-state index in [1.807, 2.05) is 37.3 Å². The summed E-state index contributed by atoms with van der Waals surface area (Å²) in [6.07, 6.45) is 0.664. The molecule has 0 spiro atoms. The van der Waals surface area contributed by atoms with E-state index in [1.54, 1.807) is 18.2 Å². The standard InChI is InChI=1S/C30H24ClFO5/c1-19-22(5-3-7-25(19)21-8-9-27-30(14-21)35-11-10-34-27)18-37-29-15-28(23(16-33)13-26(29)31)36-17-20-4-2-6-24(32)12-20/h2-9,12-16H,10-11,17-18H2,1H3. The van der Waals surface area contributed by atoms with Crippen LogP contribution in [0.15, 0.2) is 72.8 Å². The minimum Gasteiger partial charge on any atom is -0.488 e. The normalized spacial score (nSPS) is 12.2. The van der Waals surface area contributed by atoms with Gasteiger partial charge in [0, 0.05) is 6.07 Å². The molecule has 0 saturated heterocycles. The Labute approximate surface area is 219 Å². The summed E-state index contributed by atoms with van der Waals surface area (Å²) in [5, 5.41) is 0.292. The maximum atomic E-state index is 13.5. The van der Waals surface area contributed by atoms with Crippen molar-refractivity contribution in [1.29, 1.82) is 0 Å². The Balaban J connectivity index is 1.35. The van der Waals surface area contributed by atoms with Crippen molar-refractivity contribution in [3.63, 3.8) is 0 Å². The lowest BCUT2D eigenvalue weighted by atomic mass is 9.96. The number of hydrogen-bond acceptors (Lipinski definition) is 5. The Hall–Kier alpha value is -4.03. The lowest BCUT2D eigenvalue weighted by molar-refractivity contribution is 0.111. The van der Waals surface area contributed by atoms with Crippen LogP contribution >= 0.6 is 11.6 Å². The lowest BCUT2D eigenvalue weighted by Crippen LogP contribution is -2.15. The summed E-state index contributed by atoms with van der Waals surface area (Å²) in [6.45, 7) is 3.46. The van der Waals surface area contributed by atoms with Crippen molar-refractivity contribution in [3.8, 4) is 34.1 Å². The monoisotopic (exact) mass is 518 g/mol. The highest BCUT2D eigenvalue weighted by Gasteiger charge is 2.16. The van der Waals surface area contributed by atoms with Crippen molar-refractivity contribution in [2.24, 2.45) is 0 Å². The molecule has 4 aromatic carbocycles. The third kappa shape index (κ3) is 5.54. The van der Waals surface area contributed by atoms with Crippen LogP contribution in [0, 0.1) is 12.7 Å². The van der Waals surface area contributed by atoms with Gasteiger partial charge in [-0.25, -0.2) is 4.39 Å². The van der Waals surface area contributed by atoms with Crippen LogP contribution in [0.4, 0.5) is 4.39 Å². The number of carbonyl (C=O) groups is 1. The number of hydrogen-bond donors (Lipinski definition) is 0. The molecule has 188 valence electrons. The van der Waals surface area contributed by atoms with E-state index in [-0.39, 0.29) is 24.6 Å². The summed E-state index contributed by atoms with van der Waals surface area (Å²) in [6, 6.07) is 21.1. The van der Waals surface area contributed by atoms with Crippen LogP contribution in [-0.4, -0.2) is 19.5 Å². The van der Waals surface area contributed by atoms with Crippen LogP contribution in [0.3, 0.4) is 0 Å². The largest absolute Gasteiger partial charge is 0.488 e. The molecule has 0 bridgehead atoms. The smallest absolute Gasteiger partial charge is 0.161 e. The van der Waals surface area contributed by atoms with E-state index >= 15 is 0 Å². The molecule has 0 aliphatic carbocycles. The number of carbonyl (C=O) groups excluding carboxylic acids is 1. The highest BCUT2D eigenvalue weighted by atomic mass is 35.5. The molecular formula is C30H24ClFO5. The first kappa shape index (κ1) is 24.7. The molecule has 1 heterocycles. The van der Waals surface area contributed by atoms with Gasteiger partial charge in [-0.1, -0.05) is 48.0 Å². The molecule has 0 unspecified atom stereocenters. The first-order valence-electron chi connectivity index (χ1n) is 11.8. The summed E-state index contributed by atoms with van der Waals surface area (Å²) >= 11 is 6.40. The predicted molar refractivity (Wildman–Crippen MR) is 140 cm³/mol. The average molecular weight is 519 g/mol. The van der Waals surface area contributed by atoms with Gasteiger partial charge < -0.3 is 18.9 Å². The second kappa shape index (κ2) is 10.9. The van der Waals surface area contributed by atoms with Crippen LogP contribution in [0.2, 0.25) is 5.02 Å². The van der Waals surface area contributed by atoms with Crippen LogP contribution in [0.1, 0.15) is 27.0 Å². The predicted octanol–water partition coefficient (Wildman–Crippen LogP) is 7.20. The van der Waals surface area contributed by atoms with Gasteiger partial charge in [-0.2, -0.15) is 0 Å². The molecule has 0 fully saturated rings. The van der Waals surface area contributed by atoms with Crippen molar-refractivity contribution < 1.29 is 28.1 Å². The maximum absolute atomic E-state index is 13.5. The molecule has 0 atom stereocenters. The van der Waals surface area contributed by atoms with Gasteiger partial charge in [-0.3, -0.25) is 4.79 Å². The number of ether oxygens (including phenoxy) is 4. The molecule has 1 aliphatic heterocycles. The van der Waals surface area contributed by atoms with Gasteiger partial charge >= 0.3 is 0 Å². The highest BCUT2D eigenvalue weighted by Crippen LogP contribution is 2.37. The molecule has 5 rings (SSSR count). The van der Waals surface area contributed by atoms with E-state index in [9.17, 15) is 9.18 Å². The van der Waals surface area contributed by atoms with Gasteiger partial charge in [0.1, 0.15) is 43.7 Å². The SMILES string of the molecule is Cc1c(COc2cc(OCc3cccc(F)c3)c(C=O)cc2Cl)cccc1-c1ccc2c(c1)OCCO2. The van der Waals surface area contributed by atoms with Gasteiger partial charge in [-0.05, 0) is 65.1 Å². The summed E-state index contributed by atoms with van der Waals surface area (Å²) in [4.78, 5) is 11.6. The molecule has 37 heavy (non-hydrogen) atoms. The fourth-order valence-electron chi connectivity index (χ4n) is 4.18. The molecule has 5 nitrogen and oxygen atoms in total. The molecule has 7 heteroatoms. The minimum absolute atomic E-state index is 0.0936. The van der Waals surface area contributed by atoms with Crippen molar-refractivity contribution in [2.75, 3.05) is 13.2 Å². The highest BCUT2D eigenvalue weighted by molar-refractivity contribution is 6.32. The molecule has 4 aromatic rings. The minimum atomic E-state index is -0.356. The average Bonchev–Trinajstić information content (AvgIpc) is 2.92. The van der Waals surface area contributed by atoms with E-state index in [0.717, 1.165) is 33.8 Å². The Bertz CT molecular complexity index is 1450. The zero-order valence-electron chi connectivity index (χ0n) is 20.1. The maximum Gasteiger partial charge on any atom is 0.161 e. The Kier molecular flexibility index (Phi) is 7.28. The zero-order chi connectivity index (χ0) is 25.8. The molecule has 1 aliphatic rings. The van der Waals surface area contributed by atoms with E-state index in [4.69, 9.17) is 30.5 Å². The molecule has 0 saturated carbocycles. The summed E-state index contributed by atoms with van der Waals surface area (Å²) in [7, 11) is 0. The molecule has 0 amide bonds. The van der Waals surface area contributed by atoms with Crippen LogP contribution in [0.5, 0.6) is 23.0 Å². The second-order valence-corrected chi connectivity index (χ2v) is 9.00. The molecule has 0 N–H and O–H groups in total. The van der Waals surface area contributed by atoms with Crippen LogP contribution in [-0.2, 0) is 13.2 Å². The van der Waals surface area contributed by atoms with Gasteiger partial charge in [0.15, 0.2) is 17.8 Å². The fourth-order valence-corrected chi connectivity index (χ4v) is 4.41. The van der Waals surface area contributed by atoms with E-state index < -0.39 is 0 Å². The fraction of sp³-hybridized carbons (Fsp3) is 0.167. The summed E-state index contributed by atoms with van der Waals surface area (Å²) in [5.74, 6) is 1.81. The van der Waals surface area contributed by atoms with E-state index in [1.165, 1.54) is 18.2 Å². The summed E-state index contributed by atoms with van der Waals surface area (Å²) < 4.78 is 36.7. The Morgan fingerprint density at radius 3 is 2.49 bits per heavy atom. The summed E-state index contributed by atoms with van der Waals surface area (Å²) in [5.41, 5.74) is 5.03. The number of benzene rings is 4. The third-order valence-corrected chi connectivity index (χ3v) is 6.45. The quantitative estimate of drug-likeness (QED) is 0.231. The Morgan fingerprint density at radius 2 is 1.68 bits per heavy atom. The first-order valence-corrected chi connectivity index (χ1v) is 12.2. The number of halogens is 2. The van der Waals surface area contributed by atoms with Crippen molar-refractivity contribution >= 4 is 17.9 Å². The van der Waals surface area contributed by atoms with Crippen molar-refractivity contribution in [2.45, 2.75) is 20.1 Å². The first-order chi connectivity index (χ1) is 18.0. The van der Waals surface area contributed by atoms with E-state index in [0.29, 0.717) is 41.6 Å². The van der Waals surface area contributed by atoms with Gasteiger partial charge in [0.25, 0.3) is 0 Å². The van der Waals surface area contributed by atoms with Crippen LogP contribution in [0.25, 0.3) is 11.1 Å². The van der Waals surface area contributed by atoms with Gasteiger partial charge in [0.2, 0.25) is 0 Å². The van der Waals surface area contributed by atoms with Gasteiger partial charge in [0.05, 0.1) is 10.6 Å². The molecule has 0 aromatic heterocycles. The number of rotatable bonds is 8. The lowest BCUT2D eigenvalue weighted by Gasteiger charge is -2.20. The third-order valence-electron chi connectivity index (χ3n) is 6.16.